The number of nitrogens with zero attached hydrogens (tertiary/aromatic N) is 1. The fraction of sp³-hybridized carbons (Fsp3) is 0.538. The molecule has 1 aliphatic rings. The van der Waals surface area contributed by atoms with Gasteiger partial charge in [-0.3, -0.25) is 0 Å². The minimum atomic E-state index is -2.81. The Hall–Kier alpha value is -0.620. The number of sulfone groups is 1. The SMILES string of the molecule is NC(CCN1CCS(=O)(=O)CC1)c1ccccc1Cl. The predicted molar refractivity (Wildman–Crippen MR) is 78.1 cm³/mol. The summed E-state index contributed by atoms with van der Waals surface area (Å²) in [6, 6.07) is 7.48. The molecule has 0 bridgehead atoms. The van der Waals surface area contributed by atoms with Crippen LogP contribution < -0.4 is 5.73 Å². The molecular formula is C13H19ClN2O2S. The number of halogens is 1. The molecule has 1 saturated heterocycles. The van der Waals surface area contributed by atoms with E-state index in [1.54, 1.807) is 0 Å². The zero-order valence-corrected chi connectivity index (χ0v) is 12.3. The number of rotatable bonds is 4. The van der Waals surface area contributed by atoms with Crippen LogP contribution in [0, 0.1) is 0 Å². The van der Waals surface area contributed by atoms with E-state index in [1.807, 2.05) is 24.3 Å². The quantitative estimate of drug-likeness (QED) is 0.914. The monoisotopic (exact) mass is 302 g/mol. The molecule has 0 saturated carbocycles. The van der Waals surface area contributed by atoms with Crippen molar-refractivity contribution >= 4 is 21.4 Å². The number of hydrogen-bond acceptors (Lipinski definition) is 4. The third kappa shape index (κ3) is 4.18. The molecule has 0 amide bonds. The first-order valence-corrected chi connectivity index (χ1v) is 8.61. The number of benzene rings is 1. The van der Waals surface area contributed by atoms with Gasteiger partial charge in [0.2, 0.25) is 0 Å². The van der Waals surface area contributed by atoms with Crippen molar-refractivity contribution in [1.29, 1.82) is 0 Å². The van der Waals surface area contributed by atoms with Crippen LogP contribution in [0.15, 0.2) is 24.3 Å². The third-order valence-corrected chi connectivity index (χ3v) is 5.45. The zero-order chi connectivity index (χ0) is 13.9. The lowest BCUT2D eigenvalue weighted by molar-refractivity contribution is 0.283. The van der Waals surface area contributed by atoms with E-state index < -0.39 is 9.84 Å². The second-order valence-electron chi connectivity index (χ2n) is 4.91. The molecule has 1 fully saturated rings. The highest BCUT2D eigenvalue weighted by Gasteiger charge is 2.21. The van der Waals surface area contributed by atoms with Gasteiger partial charge >= 0.3 is 0 Å². The van der Waals surface area contributed by atoms with Crippen LogP contribution >= 0.6 is 11.6 Å². The maximum Gasteiger partial charge on any atom is 0.152 e. The lowest BCUT2D eigenvalue weighted by Crippen LogP contribution is -2.41. The topological polar surface area (TPSA) is 63.4 Å². The highest BCUT2D eigenvalue weighted by molar-refractivity contribution is 7.91. The molecule has 0 aliphatic carbocycles. The molecule has 0 radical (unpaired) electrons. The standard InChI is InChI=1S/C13H19ClN2O2S/c14-12-4-2-1-3-11(12)13(15)5-6-16-7-9-19(17,18)10-8-16/h1-4,13H,5-10,15H2. The van der Waals surface area contributed by atoms with Gasteiger partial charge in [0.05, 0.1) is 11.5 Å². The summed E-state index contributed by atoms with van der Waals surface area (Å²) in [6.45, 7) is 2.02. The first-order chi connectivity index (χ1) is 8.98. The molecule has 2 rings (SSSR count). The van der Waals surface area contributed by atoms with Gasteiger partial charge in [0.1, 0.15) is 0 Å². The number of nitrogens with two attached hydrogens (primary N) is 1. The predicted octanol–water partition coefficient (Wildman–Crippen LogP) is 1.46. The molecule has 106 valence electrons. The Labute approximate surface area is 119 Å². The van der Waals surface area contributed by atoms with Gasteiger partial charge in [-0.05, 0) is 18.1 Å². The van der Waals surface area contributed by atoms with E-state index >= 15 is 0 Å². The van der Waals surface area contributed by atoms with Crippen LogP contribution in [0.1, 0.15) is 18.0 Å². The smallest absolute Gasteiger partial charge is 0.152 e. The van der Waals surface area contributed by atoms with Crippen LogP contribution in [-0.2, 0) is 9.84 Å². The fourth-order valence-corrected chi connectivity index (χ4v) is 3.78. The molecule has 1 unspecified atom stereocenters. The average molecular weight is 303 g/mol. The lowest BCUT2D eigenvalue weighted by Gasteiger charge is -2.27. The second kappa shape index (κ2) is 6.22. The molecule has 0 spiro atoms. The van der Waals surface area contributed by atoms with Crippen LogP contribution in [0.4, 0.5) is 0 Å². The average Bonchev–Trinajstić information content (AvgIpc) is 2.38. The van der Waals surface area contributed by atoms with Crippen LogP contribution in [0.5, 0.6) is 0 Å². The summed E-state index contributed by atoms with van der Waals surface area (Å²) in [5.74, 6) is 0.517. The molecule has 1 aromatic rings. The summed E-state index contributed by atoms with van der Waals surface area (Å²) < 4.78 is 22.7. The van der Waals surface area contributed by atoms with Crippen molar-refractivity contribution < 1.29 is 8.42 Å². The van der Waals surface area contributed by atoms with Gasteiger partial charge in [-0.25, -0.2) is 8.42 Å². The molecule has 2 N–H and O–H groups in total. The summed E-state index contributed by atoms with van der Waals surface area (Å²) in [5.41, 5.74) is 7.09. The second-order valence-corrected chi connectivity index (χ2v) is 7.62. The first-order valence-electron chi connectivity index (χ1n) is 6.41. The van der Waals surface area contributed by atoms with Crippen molar-refractivity contribution in [3.05, 3.63) is 34.9 Å². The van der Waals surface area contributed by atoms with Crippen LogP contribution in [0.3, 0.4) is 0 Å². The largest absolute Gasteiger partial charge is 0.324 e. The summed E-state index contributed by atoms with van der Waals surface area (Å²) in [7, 11) is -2.81. The van der Waals surface area contributed by atoms with E-state index in [0.717, 1.165) is 18.5 Å². The van der Waals surface area contributed by atoms with E-state index in [9.17, 15) is 8.42 Å². The molecule has 19 heavy (non-hydrogen) atoms. The van der Waals surface area contributed by atoms with E-state index in [1.165, 1.54) is 0 Å². The minimum Gasteiger partial charge on any atom is -0.324 e. The van der Waals surface area contributed by atoms with Gasteiger partial charge in [-0.15, -0.1) is 0 Å². The zero-order valence-electron chi connectivity index (χ0n) is 10.8. The molecule has 0 aromatic heterocycles. The molecule has 1 atom stereocenters. The van der Waals surface area contributed by atoms with Crippen LogP contribution in [0.25, 0.3) is 0 Å². The molecule has 4 nitrogen and oxygen atoms in total. The van der Waals surface area contributed by atoms with Gasteiger partial charge in [0, 0.05) is 30.7 Å². The van der Waals surface area contributed by atoms with Crippen molar-refractivity contribution in [1.82, 2.24) is 4.90 Å². The fourth-order valence-electron chi connectivity index (χ4n) is 2.23. The Kier molecular flexibility index (Phi) is 4.84. The highest BCUT2D eigenvalue weighted by Crippen LogP contribution is 2.23. The normalized spacial score (nSPS) is 21.2. The summed E-state index contributed by atoms with van der Waals surface area (Å²) in [4.78, 5) is 2.15. The maximum absolute atomic E-state index is 11.3. The van der Waals surface area contributed by atoms with Crippen molar-refractivity contribution in [2.45, 2.75) is 12.5 Å². The van der Waals surface area contributed by atoms with Crippen molar-refractivity contribution in [2.24, 2.45) is 5.73 Å². The van der Waals surface area contributed by atoms with Gasteiger partial charge in [-0.1, -0.05) is 29.8 Å². The first kappa shape index (κ1) is 14.8. The number of hydrogen-bond donors (Lipinski definition) is 1. The van der Waals surface area contributed by atoms with E-state index in [-0.39, 0.29) is 17.5 Å². The Bertz CT molecular complexity index is 519. The molecule has 1 aromatic carbocycles. The van der Waals surface area contributed by atoms with E-state index in [4.69, 9.17) is 17.3 Å². The van der Waals surface area contributed by atoms with E-state index in [2.05, 4.69) is 4.90 Å². The van der Waals surface area contributed by atoms with Gasteiger partial charge < -0.3 is 10.6 Å². The van der Waals surface area contributed by atoms with Crippen molar-refractivity contribution in [2.75, 3.05) is 31.1 Å². The molecular weight excluding hydrogens is 284 g/mol. The Morgan fingerprint density at radius 1 is 1.26 bits per heavy atom. The van der Waals surface area contributed by atoms with Crippen LogP contribution in [-0.4, -0.2) is 44.5 Å². The molecule has 1 heterocycles. The molecule has 6 heteroatoms. The molecule has 1 aliphatic heterocycles. The van der Waals surface area contributed by atoms with Crippen LogP contribution in [0.2, 0.25) is 5.02 Å². The van der Waals surface area contributed by atoms with Crippen molar-refractivity contribution in [3.8, 4) is 0 Å². The van der Waals surface area contributed by atoms with Gasteiger partial charge in [0.15, 0.2) is 9.84 Å². The Morgan fingerprint density at radius 2 is 1.89 bits per heavy atom. The summed E-state index contributed by atoms with van der Waals surface area (Å²) in [6.07, 6.45) is 0.782. The Balaban J connectivity index is 1.85. The van der Waals surface area contributed by atoms with Crippen molar-refractivity contribution in [3.63, 3.8) is 0 Å². The Morgan fingerprint density at radius 3 is 2.53 bits per heavy atom. The lowest BCUT2D eigenvalue weighted by atomic mass is 10.0. The van der Waals surface area contributed by atoms with Gasteiger partial charge in [0.25, 0.3) is 0 Å². The summed E-state index contributed by atoms with van der Waals surface area (Å²) >= 11 is 6.11. The minimum absolute atomic E-state index is 0.104. The summed E-state index contributed by atoms with van der Waals surface area (Å²) in [5, 5.41) is 0.691. The highest BCUT2D eigenvalue weighted by atomic mass is 35.5. The van der Waals surface area contributed by atoms with E-state index in [0.29, 0.717) is 18.1 Å². The third-order valence-electron chi connectivity index (χ3n) is 3.50. The maximum atomic E-state index is 11.3. The van der Waals surface area contributed by atoms with Gasteiger partial charge in [-0.2, -0.15) is 0 Å².